The van der Waals surface area contributed by atoms with Gasteiger partial charge in [-0.3, -0.25) is 9.78 Å². The van der Waals surface area contributed by atoms with Crippen molar-refractivity contribution in [3.63, 3.8) is 0 Å². The van der Waals surface area contributed by atoms with Crippen LogP contribution in [0.1, 0.15) is 23.3 Å². The summed E-state index contributed by atoms with van der Waals surface area (Å²) in [4.78, 5) is 29.4. The highest BCUT2D eigenvalue weighted by Crippen LogP contribution is 2.20. The first-order valence-electron chi connectivity index (χ1n) is 7.01. The van der Waals surface area contributed by atoms with Crippen LogP contribution in [0.3, 0.4) is 0 Å². The molecule has 8 heteroatoms. The van der Waals surface area contributed by atoms with E-state index >= 15 is 0 Å². The fourth-order valence-electron chi connectivity index (χ4n) is 2.50. The van der Waals surface area contributed by atoms with Crippen molar-refractivity contribution in [2.24, 2.45) is 0 Å². The summed E-state index contributed by atoms with van der Waals surface area (Å²) < 4.78 is 13.8. The number of piperidine rings is 1. The topological polar surface area (TPSA) is 83.9 Å². The van der Waals surface area contributed by atoms with Gasteiger partial charge in [-0.15, -0.1) is 0 Å². The van der Waals surface area contributed by atoms with Crippen molar-refractivity contribution in [3.8, 4) is 0 Å². The number of hydrogen-bond acceptors (Lipinski definition) is 6. The zero-order chi connectivity index (χ0) is 15.4. The third kappa shape index (κ3) is 3.16. The molecule has 2 aromatic heterocycles. The quantitative estimate of drug-likeness (QED) is 0.903. The van der Waals surface area contributed by atoms with Gasteiger partial charge in [-0.2, -0.15) is 0 Å². The first kappa shape index (κ1) is 14.3. The van der Waals surface area contributed by atoms with Crippen molar-refractivity contribution in [2.45, 2.75) is 18.9 Å². The standard InChI is InChI=1S/C14H15FN6O/c15-11-6-17-9-19-13(11)21-5-1-2-10(8-21)20-14(22)12-7-16-3-4-18-12/h3-4,6-7,9-10H,1-2,5,8H2,(H,20,22). The van der Waals surface area contributed by atoms with E-state index in [-0.39, 0.29) is 23.5 Å². The summed E-state index contributed by atoms with van der Waals surface area (Å²) in [5.74, 6) is -0.458. The Balaban J connectivity index is 1.66. The third-order valence-corrected chi connectivity index (χ3v) is 3.50. The predicted octanol–water partition coefficient (Wildman–Crippen LogP) is 0.804. The Morgan fingerprint density at radius 1 is 1.27 bits per heavy atom. The summed E-state index contributed by atoms with van der Waals surface area (Å²) in [5, 5.41) is 2.91. The minimum Gasteiger partial charge on any atom is -0.352 e. The van der Waals surface area contributed by atoms with Crippen LogP contribution in [0.25, 0.3) is 0 Å². The molecular formula is C14H15FN6O. The molecule has 1 N–H and O–H groups in total. The predicted molar refractivity (Wildman–Crippen MR) is 76.7 cm³/mol. The second-order valence-corrected chi connectivity index (χ2v) is 5.04. The van der Waals surface area contributed by atoms with Gasteiger partial charge in [-0.1, -0.05) is 0 Å². The van der Waals surface area contributed by atoms with E-state index in [9.17, 15) is 9.18 Å². The van der Waals surface area contributed by atoms with E-state index in [4.69, 9.17) is 0 Å². The Hall–Kier alpha value is -2.64. The number of halogens is 1. The largest absolute Gasteiger partial charge is 0.352 e. The Bertz CT molecular complexity index is 653. The van der Waals surface area contributed by atoms with Crippen LogP contribution >= 0.6 is 0 Å². The molecule has 1 aliphatic rings. The normalized spacial score (nSPS) is 18.0. The van der Waals surface area contributed by atoms with Crippen molar-refractivity contribution >= 4 is 11.7 Å². The Kier molecular flexibility index (Phi) is 4.17. The van der Waals surface area contributed by atoms with Gasteiger partial charge >= 0.3 is 0 Å². The molecule has 0 spiro atoms. The van der Waals surface area contributed by atoms with Crippen LogP contribution in [0.5, 0.6) is 0 Å². The highest BCUT2D eigenvalue weighted by Gasteiger charge is 2.24. The van der Waals surface area contributed by atoms with E-state index in [0.29, 0.717) is 13.1 Å². The van der Waals surface area contributed by atoms with Gasteiger partial charge in [-0.25, -0.2) is 19.3 Å². The van der Waals surface area contributed by atoms with E-state index in [1.165, 1.54) is 24.9 Å². The van der Waals surface area contributed by atoms with Crippen molar-refractivity contribution in [1.82, 2.24) is 25.3 Å². The van der Waals surface area contributed by atoms with Crippen molar-refractivity contribution in [3.05, 3.63) is 42.6 Å². The van der Waals surface area contributed by atoms with Gasteiger partial charge in [0.25, 0.3) is 5.91 Å². The van der Waals surface area contributed by atoms with Gasteiger partial charge in [0.15, 0.2) is 11.6 Å². The van der Waals surface area contributed by atoms with Gasteiger partial charge in [0.05, 0.1) is 12.4 Å². The molecule has 22 heavy (non-hydrogen) atoms. The number of carbonyl (C=O) groups is 1. The molecule has 1 saturated heterocycles. The van der Waals surface area contributed by atoms with E-state index in [1.807, 2.05) is 4.90 Å². The molecule has 0 saturated carbocycles. The lowest BCUT2D eigenvalue weighted by Crippen LogP contribution is -2.48. The lowest BCUT2D eigenvalue weighted by molar-refractivity contribution is 0.0927. The molecule has 3 rings (SSSR count). The molecule has 0 bridgehead atoms. The number of rotatable bonds is 3. The highest BCUT2D eigenvalue weighted by atomic mass is 19.1. The Morgan fingerprint density at radius 2 is 2.18 bits per heavy atom. The van der Waals surface area contributed by atoms with Crippen LogP contribution < -0.4 is 10.2 Å². The summed E-state index contributed by atoms with van der Waals surface area (Å²) >= 11 is 0. The lowest BCUT2D eigenvalue weighted by atomic mass is 10.1. The maximum Gasteiger partial charge on any atom is 0.271 e. The van der Waals surface area contributed by atoms with Crippen LogP contribution in [0, 0.1) is 5.82 Å². The Labute approximate surface area is 126 Å². The van der Waals surface area contributed by atoms with E-state index in [0.717, 1.165) is 19.0 Å². The van der Waals surface area contributed by atoms with Crippen molar-refractivity contribution < 1.29 is 9.18 Å². The summed E-state index contributed by atoms with van der Waals surface area (Å²) in [6.45, 7) is 1.20. The number of nitrogens with one attached hydrogen (secondary N) is 1. The molecule has 0 aliphatic carbocycles. The van der Waals surface area contributed by atoms with Gasteiger partial charge in [-0.05, 0) is 12.8 Å². The monoisotopic (exact) mass is 302 g/mol. The van der Waals surface area contributed by atoms with Crippen molar-refractivity contribution in [1.29, 1.82) is 0 Å². The maximum absolute atomic E-state index is 13.8. The minimum absolute atomic E-state index is 0.0855. The van der Waals surface area contributed by atoms with Crippen LogP contribution in [0.4, 0.5) is 10.2 Å². The fraction of sp³-hybridized carbons (Fsp3) is 0.357. The molecule has 0 aromatic carbocycles. The molecule has 1 fully saturated rings. The van der Waals surface area contributed by atoms with E-state index in [1.54, 1.807) is 0 Å². The zero-order valence-corrected chi connectivity index (χ0v) is 11.8. The summed E-state index contributed by atoms with van der Waals surface area (Å²) in [5.41, 5.74) is 0.271. The molecular weight excluding hydrogens is 287 g/mol. The third-order valence-electron chi connectivity index (χ3n) is 3.50. The van der Waals surface area contributed by atoms with Crippen LogP contribution in [0.2, 0.25) is 0 Å². The second-order valence-electron chi connectivity index (χ2n) is 5.04. The van der Waals surface area contributed by atoms with Gasteiger partial charge < -0.3 is 10.2 Å². The minimum atomic E-state index is -0.455. The molecule has 2 aromatic rings. The number of carbonyl (C=O) groups excluding carboxylic acids is 1. The smallest absolute Gasteiger partial charge is 0.271 e. The van der Waals surface area contributed by atoms with Crippen molar-refractivity contribution in [2.75, 3.05) is 18.0 Å². The average Bonchev–Trinajstić information content (AvgIpc) is 2.56. The van der Waals surface area contributed by atoms with Gasteiger partial charge in [0.2, 0.25) is 0 Å². The summed E-state index contributed by atoms with van der Waals surface area (Å²) in [6.07, 6.45) is 8.53. The number of amides is 1. The van der Waals surface area contributed by atoms with Crippen LogP contribution in [-0.2, 0) is 0 Å². The number of anilines is 1. The van der Waals surface area contributed by atoms with Crippen LogP contribution in [0.15, 0.2) is 31.1 Å². The first-order chi connectivity index (χ1) is 10.7. The molecule has 7 nitrogen and oxygen atoms in total. The van der Waals surface area contributed by atoms with E-state index < -0.39 is 5.82 Å². The van der Waals surface area contributed by atoms with Gasteiger partial charge in [0, 0.05) is 31.5 Å². The molecule has 1 amide bonds. The lowest BCUT2D eigenvalue weighted by Gasteiger charge is -2.33. The molecule has 1 unspecified atom stereocenters. The molecule has 114 valence electrons. The summed E-state index contributed by atoms with van der Waals surface area (Å²) in [7, 11) is 0. The zero-order valence-electron chi connectivity index (χ0n) is 11.8. The second kappa shape index (κ2) is 6.42. The van der Waals surface area contributed by atoms with E-state index in [2.05, 4.69) is 25.3 Å². The number of aromatic nitrogens is 4. The fourth-order valence-corrected chi connectivity index (χ4v) is 2.50. The first-order valence-corrected chi connectivity index (χ1v) is 7.01. The number of hydrogen-bond donors (Lipinski definition) is 1. The average molecular weight is 302 g/mol. The molecule has 1 atom stereocenters. The molecule has 3 heterocycles. The van der Waals surface area contributed by atoms with Crippen LogP contribution in [-0.4, -0.2) is 45.0 Å². The highest BCUT2D eigenvalue weighted by molar-refractivity contribution is 5.92. The van der Waals surface area contributed by atoms with Gasteiger partial charge in [0.1, 0.15) is 12.0 Å². The number of nitrogens with zero attached hydrogens (tertiary/aromatic N) is 5. The summed E-state index contributed by atoms with van der Waals surface area (Å²) in [6, 6.07) is -0.0855. The maximum atomic E-state index is 13.8. The SMILES string of the molecule is O=C(NC1CCCN(c2ncncc2F)C1)c1cnccn1. The Morgan fingerprint density at radius 3 is 2.95 bits per heavy atom. The molecule has 0 radical (unpaired) electrons. The molecule has 1 aliphatic heterocycles.